The zero-order valence-corrected chi connectivity index (χ0v) is 13.8. The Balaban J connectivity index is 2.25. The quantitative estimate of drug-likeness (QED) is 0.729. The Hall–Kier alpha value is -1.66. The molecule has 2 rings (SSSR count). The molecule has 0 spiro atoms. The third kappa shape index (κ3) is 3.96. The Kier molecular flexibility index (Phi) is 5.03. The summed E-state index contributed by atoms with van der Waals surface area (Å²) in [5, 5.41) is 27.0. The van der Waals surface area contributed by atoms with Gasteiger partial charge in [0.1, 0.15) is 5.82 Å². The number of nitrogens with one attached hydrogen (secondary N) is 1. The molecule has 0 aliphatic rings. The van der Waals surface area contributed by atoms with Gasteiger partial charge in [0.2, 0.25) is 0 Å². The average molecular weight is 306 g/mol. The van der Waals surface area contributed by atoms with Crippen LogP contribution in [0.2, 0.25) is 0 Å². The molecule has 0 saturated heterocycles. The van der Waals surface area contributed by atoms with Crippen molar-refractivity contribution in [1.29, 1.82) is 0 Å². The van der Waals surface area contributed by atoms with Crippen molar-refractivity contribution >= 4 is 11.5 Å². The Morgan fingerprint density at radius 2 is 2.09 bits per heavy atom. The van der Waals surface area contributed by atoms with Crippen LogP contribution in [0, 0.1) is 6.92 Å². The van der Waals surface area contributed by atoms with Crippen molar-refractivity contribution in [3.63, 3.8) is 0 Å². The summed E-state index contributed by atoms with van der Waals surface area (Å²) in [5.41, 5.74) is 1.83. The van der Waals surface area contributed by atoms with Gasteiger partial charge in [0.15, 0.2) is 5.65 Å². The number of hydrogen-bond acceptors (Lipinski definition) is 5. The topological polar surface area (TPSA) is 82.7 Å². The van der Waals surface area contributed by atoms with Crippen LogP contribution in [0.3, 0.4) is 0 Å². The summed E-state index contributed by atoms with van der Waals surface area (Å²) < 4.78 is 1.77. The van der Waals surface area contributed by atoms with E-state index in [4.69, 9.17) is 5.11 Å². The van der Waals surface area contributed by atoms with Crippen molar-refractivity contribution in [1.82, 2.24) is 14.6 Å². The smallest absolute Gasteiger partial charge is 0.157 e. The monoisotopic (exact) mass is 306 g/mol. The van der Waals surface area contributed by atoms with E-state index in [1.54, 1.807) is 11.4 Å². The van der Waals surface area contributed by atoms with E-state index in [0.29, 0.717) is 25.3 Å². The Morgan fingerprint density at radius 3 is 2.73 bits per heavy atom. The van der Waals surface area contributed by atoms with E-state index in [2.05, 4.69) is 29.2 Å². The highest BCUT2D eigenvalue weighted by Gasteiger charge is 2.20. The first-order valence-electron chi connectivity index (χ1n) is 7.77. The number of nitrogens with zero attached hydrogens (tertiary/aromatic N) is 3. The van der Waals surface area contributed by atoms with Gasteiger partial charge in [-0.3, -0.25) is 0 Å². The van der Waals surface area contributed by atoms with Crippen molar-refractivity contribution in [3.8, 4) is 0 Å². The molecule has 0 aliphatic heterocycles. The summed E-state index contributed by atoms with van der Waals surface area (Å²) in [7, 11) is 0. The number of aliphatic hydroxyl groups is 2. The lowest BCUT2D eigenvalue weighted by Gasteiger charge is -2.24. The normalized spacial score (nSPS) is 14.5. The molecule has 2 heterocycles. The third-order valence-electron chi connectivity index (χ3n) is 3.68. The molecule has 22 heavy (non-hydrogen) atoms. The van der Waals surface area contributed by atoms with Crippen molar-refractivity contribution in [2.24, 2.45) is 0 Å². The number of anilines is 1. The lowest BCUT2D eigenvalue weighted by Crippen LogP contribution is -2.34. The van der Waals surface area contributed by atoms with Crippen LogP contribution in [0.15, 0.2) is 12.1 Å². The van der Waals surface area contributed by atoms with Crippen molar-refractivity contribution in [3.05, 3.63) is 23.5 Å². The fraction of sp³-hybridized carbons (Fsp3) is 0.625. The SMILES string of the molecule is Cc1cc2nc(C(C)C)cc(NCC(C)(O)CCCO)n2n1. The summed E-state index contributed by atoms with van der Waals surface area (Å²) >= 11 is 0. The molecule has 6 heteroatoms. The van der Waals surface area contributed by atoms with Gasteiger partial charge in [-0.15, -0.1) is 0 Å². The lowest BCUT2D eigenvalue weighted by molar-refractivity contribution is 0.0564. The van der Waals surface area contributed by atoms with E-state index in [0.717, 1.165) is 22.9 Å². The molecule has 3 N–H and O–H groups in total. The van der Waals surface area contributed by atoms with Crippen molar-refractivity contribution < 1.29 is 10.2 Å². The maximum atomic E-state index is 10.3. The number of fused-ring (bicyclic) bond motifs is 1. The van der Waals surface area contributed by atoms with Gasteiger partial charge in [-0.25, -0.2) is 4.98 Å². The number of aryl methyl sites for hydroxylation is 1. The van der Waals surface area contributed by atoms with Crippen LogP contribution in [0.1, 0.15) is 50.9 Å². The van der Waals surface area contributed by atoms with Crippen molar-refractivity contribution in [2.75, 3.05) is 18.5 Å². The second-order valence-electron chi connectivity index (χ2n) is 6.45. The first kappa shape index (κ1) is 16.7. The Labute approximate surface area is 131 Å². The second-order valence-corrected chi connectivity index (χ2v) is 6.45. The number of aliphatic hydroxyl groups excluding tert-OH is 1. The molecular formula is C16H26N4O2. The molecule has 0 fully saturated rings. The van der Waals surface area contributed by atoms with Crippen LogP contribution in [-0.4, -0.2) is 43.6 Å². The first-order valence-corrected chi connectivity index (χ1v) is 7.77. The molecule has 1 atom stereocenters. The molecule has 0 saturated carbocycles. The zero-order chi connectivity index (χ0) is 16.3. The van der Waals surface area contributed by atoms with Crippen LogP contribution in [0.4, 0.5) is 5.82 Å². The molecule has 0 amide bonds. The summed E-state index contributed by atoms with van der Waals surface area (Å²) in [6.07, 6.45) is 1.12. The van der Waals surface area contributed by atoms with Gasteiger partial charge in [0.05, 0.1) is 11.3 Å². The van der Waals surface area contributed by atoms with Gasteiger partial charge < -0.3 is 15.5 Å². The van der Waals surface area contributed by atoms with Gasteiger partial charge in [-0.2, -0.15) is 9.61 Å². The molecule has 122 valence electrons. The molecule has 6 nitrogen and oxygen atoms in total. The number of aromatic nitrogens is 3. The third-order valence-corrected chi connectivity index (χ3v) is 3.68. The Bertz CT molecular complexity index is 634. The summed E-state index contributed by atoms with van der Waals surface area (Å²) in [5.74, 6) is 1.14. The molecule has 0 aromatic carbocycles. The highest BCUT2D eigenvalue weighted by Crippen LogP contribution is 2.21. The molecule has 2 aromatic heterocycles. The van der Waals surface area contributed by atoms with E-state index >= 15 is 0 Å². The highest BCUT2D eigenvalue weighted by atomic mass is 16.3. The van der Waals surface area contributed by atoms with Gasteiger partial charge >= 0.3 is 0 Å². The van der Waals surface area contributed by atoms with Crippen molar-refractivity contribution in [2.45, 2.75) is 52.1 Å². The fourth-order valence-corrected chi connectivity index (χ4v) is 2.36. The highest BCUT2D eigenvalue weighted by molar-refractivity contribution is 5.51. The number of hydrogen-bond donors (Lipinski definition) is 3. The van der Waals surface area contributed by atoms with E-state index in [1.165, 1.54) is 0 Å². The molecular weight excluding hydrogens is 280 g/mol. The van der Waals surface area contributed by atoms with E-state index < -0.39 is 5.60 Å². The maximum Gasteiger partial charge on any atom is 0.157 e. The summed E-state index contributed by atoms with van der Waals surface area (Å²) in [6.45, 7) is 8.39. The molecule has 0 aliphatic carbocycles. The molecule has 0 bridgehead atoms. The largest absolute Gasteiger partial charge is 0.396 e. The van der Waals surface area contributed by atoms with Gasteiger partial charge in [-0.05, 0) is 32.6 Å². The van der Waals surface area contributed by atoms with E-state index in [-0.39, 0.29) is 6.61 Å². The van der Waals surface area contributed by atoms with Crippen LogP contribution < -0.4 is 5.32 Å². The summed E-state index contributed by atoms with van der Waals surface area (Å²) in [6, 6.07) is 3.92. The van der Waals surface area contributed by atoms with E-state index in [9.17, 15) is 5.11 Å². The van der Waals surface area contributed by atoms with E-state index in [1.807, 2.05) is 19.1 Å². The Morgan fingerprint density at radius 1 is 1.36 bits per heavy atom. The minimum absolute atomic E-state index is 0.0888. The molecule has 1 unspecified atom stereocenters. The maximum absolute atomic E-state index is 10.3. The number of rotatable bonds is 7. The molecule has 2 aromatic rings. The average Bonchev–Trinajstić information content (AvgIpc) is 2.82. The predicted molar refractivity (Wildman–Crippen MR) is 87.2 cm³/mol. The van der Waals surface area contributed by atoms with Crippen LogP contribution >= 0.6 is 0 Å². The van der Waals surface area contributed by atoms with Gasteiger partial charge in [0.25, 0.3) is 0 Å². The second kappa shape index (κ2) is 6.62. The van der Waals surface area contributed by atoms with Crippen LogP contribution in [-0.2, 0) is 0 Å². The van der Waals surface area contributed by atoms with Gasteiger partial charge in [-0.1, -0.05) is 13.8 Å². The fourth-order valence-electron chi connectivity index (χ4n) is 2.36. The minimum Gasteiger partial charge on any atom is -0.396 e. The van der Waals surface area contributed by atoms with Crippen LogP contribution in [0.5, 0.6) is 0 Å². The van der Waals surface area contributed by atoms with Crippen LogP contribution in [0.25, 0.3) is 5.65 Å². The first-order chi connectivity index (χ1) is 10.3. The predicted octanol–water partition coefficient (Wildman–Crippen LogP) is 2.10. The lowest BCUT2D eigenvalue weighted by atomic mass is 10.0. The standard InChI is InChI=1S/C16H26N4O2/c1-11(2)13-9-14(17-10-16(4,22)6-5-7-21)20-15(18-13)8-12(3)19-20/h8-9,11,17,21-22H,5-7,10H2,1-4H3. The minimum atomic E-state index is -0.876. The zero-order valence-electron chi connectivity index (χ0n) is 13.8. The molecule has 0 radical (unpaired) electrons. The van der Waals surface area contributed by atoms with Gasteiger partial charge in [0, 0.05) is 31.0 Å². The summed E-state index contributed by atoms with van der Waals surface area (Å²) in [4.78, 5) is 4.62.